The zero-order valence-corrected chi connectivity index (χ0v) is 22.0. The Morgan fingerprint density at radius 3 is 1.41 bits per heavy atom. The molecule has 0 aromatic carbocycles. The van der Waals surface area contributed by atoms with Gasteiger partial charge >= 0.3 is 5.97 Å². The van der Waals surface area contributed by atoms with Gasteiger partial charge in [-0.2, -0.15) is 0 Å². The van der Waals surface area contributed by atoms with Crippen molar-refractivity contribution in [1.29, 1.82) is 0 Å². The third kappa shape index (κ3) is 25.6. The van der Waals surface area contributed by atoms with E-state index in [1.54, 1.807) is 0 Å². The summed E-state index contributed by atoms with van der Waals surface area (Å²) in [5.41, 5.74) is 0. The Kier molecular flexibility index (Phi) is 26.1. The molecule has 0 saturated carbocycles. The van der Waals surface area contributed by atoms with Crippen molar-refractivity contribution >= 4 is 5.97 Å². The normalized spacial score (nSPS) is 11.5. The van der Waals surface area contributed by atoms with Gasteiger partial charge < -0.3 is 10.4 Å². The average Bonchev–Trinajstić information content (AvgIpc) is 2.77. The number of nitrogens with zero attached hydrogens (tertiary/aromatic N) is 1. The van der Waals surface area contributed by atoms with Gasteiger partial charge in [-0.25, -0.2) is 0 Å². The van der Waals surface area contributed by atoms with E-state index in [0.29, 0.717) is 0 Å². The van der Waals surface area contributed by atoms with Crippen LogP contribution in [0.5, 0.6) is 0 Å². The van der Waals surface area contributed by atoms with Crippen LogP contribution in [0.3, 0.4) is 0 Å². The van der Waals surface area contributed by atoms with Crippen LogP contribution >= 0.6 is 0 Å². The molecule has 0 aliphatic rings. The van der Waals surface area contributed by atoms with Crippen molar-refractivity contribution in [3.63, 3.8) is 0 Å². The number of unbranched alkanes of at least 4 members (excludes halogenated alkanes) is 18. The highest BCUT2D eigenvalue weighted by Gasteiger charge is 2.08. The summed E-state index contributed by atoms with van der Waals surface area (Å²) in [4.78, 5) is 13.3. The highest BCUT2D eigenvalue weighted by atomic mass is 16.4. The quantitative estimate of drug-likeness (QED) is 0.124. The van der Waals surface area contributed by atoms with Crippen molar-refractivity contribution in [2.45, 2.75) is 142 Å². The molecular weight excluding hydrogens is 396 g/mol. The SMILES string of the molecule is CCCCCCCCCCCCNCCN(CCCCCCCCCCCC)CC(=O)O. The monoisotopic (exact) mass is 454 g/mol. The topological polar surface area (TPSA) is 52.6 Å². The van der Waals surface area contributed by atoms with Crippen LogP contribution < -0.4 is 5.32 Å². The molecular formula is C28H58N2O2. The lowest BCUT2D eigenvalue weighted by Crippen LogP contribution is -2.36. The molecule has 0 aromatic rings. The minimum atomic E-state index is -0.702. The van der Waals surface area contributed by atoms with E-state index in [4.69, 9.17) is 0 Å². The molecule has 0 fully saturated rings. The molecule has 0 saturated heterocycles. The van der Waals surface area contributed by atoms with Gasteiger partial charge in [0.2, 0.25) is 0 Å². The van der Waals surface area contributed by atoms with E-state index < -0.39 is 5.97 Å². The molecule has 32 heavy (non-hydrogen) atoms. The van der Waals surface area contributed by atoms with E-state index in [0.717, 1.165) is 32.6 Å². The fraction of sp³-hybridized carbons (Fsp3) is 0.964. The maximum atomic E-state index is 11.2. The van der Waals surface area contributed by atoms with Crippen LogP contribution in [-0.2, 0) is 4.79 Å². The van der Waals surface area contributed by atoms with E-state index in [-0.39, 0.29) is 6.54 Å². The van der Waals surface area contributed by atoms with Gasteiger partial charge in [0, 0.05) is 13.1 Å². The summed E-state index contributed by atoms with van der Waals surface area (Å²) >= 11 is 0. The lowest BCUT2D eigenvalue weighted by molar-refractivity contribution is -0.138. The van der Waals surface area contributed by atoms with Gasteiger partial charge in [-0.15, -0.1) is 0 Å². The van der Waals surface area contributed by atoms with Crippen molar-refractivity contribution in [2.75, 3.05) is 32.7 Å². The molecule has 0 rings (SSSR count). The van der Waals surface area contributed by atoms with Crippen LogP contribution in [-0.4, -0.2) is 48.7 Å². The molecule has 0 atom stereocenters. The molecule has 0 radical (unpaired) electrons. The summed E-state index contributed by atoms with van der Waals surface area (Å²) < 4.78 is 0. The number of aliphatic carboxylic acids is 1. The molecule has 4 heteroatoms. The molecule has 0 aliphatic carbocycles. The van der Waals surface area contributed by atoms with Crippen molar-refractivity contribution in [2.24, 2.45) is 0 Å². The highest BCUT2D eigenvalue weighted by Crippen LogP contribution is 2.11. The summed E-state index contributed by atoms with van der Waals surface area (Å²) in [5, 5.41) is 12.7. The summed E-state index contributed by atoms with van der Waals surface area (Å²) in [6, 6.07) is 0. The van der Waals surface area contributed by atoms with Crippen LogP contribution in [0.25, 0.3) is 0 Å². The Morgan fingerprint density at radius 1 is 0.562 bits per heavy atom. The van der Waals surface area contributed by atoms with Gasteiger partial charge in [0.25, 0.3) is 0 Å². The first-order valence-electron chi connectivity index (χ1n) is 14.4. The Balaban J connectivity index is 3.52. The Hall–Kier alpha value is -0.610. The molecule has 2 N–H and O–H groups in total. The van der Waals surface area contributed by atoms with Crippen molar-refractivity contribution in [1.82, 2.24) is 10.2 Å². The molecule has 0 aromatic heterocycles. The summed E-state index contributed by atoms with van der Waals surface area (Å²) in [7, 11) is 0. The number of carbonyl (C=O) groups is 1. The third-order valence-corrected chi connectivity index (χ3v) is 6.50. The molecule has 0 amide bonds. The van der Waals surface area contributed by atoms with Crippen LogP contribution in [0, 0.1) is 0 Å². The van der Waals surface area contributed by atoms with E-state index in [1.807, 2.05) is 0 Å². The maximum absolute atomic E-state index is 11.2. The standard InChI is InChI=1S/C28H58N2O2/c1-3-5-7-9-11-13-15-17-19-21-23-29-24-26-30(27-28(31)32)25-22-20-18-16-14-12-10-8-6-4-2/h29H,3-27H2,1-2H3,(H,31,32). The number of hydrogen-bond donors (Lipinski definition) is 2. The number of nitrogens with one attached hydrogen (secondary N) is 1. The molecule has 0 heterocycles. The van der Waals surface area contributed by atoms with Crippen molar-refractivity contribution in [3.8, 4) is 0 Å². The van der Waals surface area contributed by atoms with Gasteiger partial charge in [0.15, 0.2) is 0 Å². The Bertz CT molecular complexity index is 376. The minimum Gasteiger partial charge on any atom is -0.480 e. The van der Waals surface area contributed by atoms with Gasteiger partial charge in [0.1, 0.15) is 0 Å². The molecule has 192 valence electrons. The Labute approximate surface area is 201 Å². The summed E-state index contributed by atoms with van der Waals surface area (Å²) in [6.45, 7) is 8.46. The number of hydrogen-bond acceptors (Lipinski definition) is 3. The minimum absolute atomic E-state index is 0.178. The fourth-order valence-electron chi connectivity index (χ4n) is 4.38. The second-order valence-corrected chi connectivity index (χ2v) is 9.78. The molecule has 4 nitrogen and oxygen atoms in total. The first kappa shape index (κ1) is 31.4. The largest absolute Gasteiger partial charge is 0.480 e. The second kappa shape index (κ2) is 26.6. The van der Waals surface area contributed by atoms with E-state index in [2.05, 4.69) is 24.1 Å². The first-order chi connectivity index (χ1) is 15.7. The molecule has 0 bridgehead atoms. The van der Waals surface area contributed by atoms with E-state index in [1.165, 1.54) is 122 Å². The number of carboxylic acids is 1. The lowest BCUT2D eigenvalue weighted by atomic mass is 10.1. The van der Waals surface area contributed by atoms with Crippen molar-refractivity contribution < 1.29 is 9.90 Å². The maximum Gasteiger partial charge on any atom is 0.317 e. The molecule has 0 aliphatic heterocycles. The van der Waals surface area contributed by atoms with Gasteiger partial charge in [-0.05, 0) is 25.9 Å². The molecule has 0 unspecified atom stereocenters. The van der Waals surface area contributed by atoms with Crippen LogP contribution in [0.15, 0.2) is 0 Å². The number of carboxylic acid groups (broad SMARTS) is 1. The van der Waals surface area contributed by atoms with E-state index in [9.17, 15) is 9.90 Å². The van der Waals surface area contributed by atoms with Gasteiger partial charge in [-0.3, -0.25) is 9.69 Å². The second-order valence-electron chi connectivity index (χ2n) is 9.78. The predicted octanol–water partition coefficient (Wildman–Crippen LogP) is 7.80. The third-order valence-electron chi connectivity index (χ3n) is 6.50. The van der Waals surface area contributed by atoms with Crippen LogP contribution in [0.1, 0.15) is 142 Å². The highest BCUT2D eigenvalue weighted by molar-refractivity contribution is 5.69. The van der Waals surface area contributed by atoms with E-state index >= 15 is 0 Å². The molecule has 0 spiro atoms. The van der Waals surface area contributed by atoms with Crippen LogP contribution in [0.2, 0.25) is 0 Å². The predicted molar refractivity (Wildman–Crippen MR) is 141 cm³/mol. The average molecular weight is 455 g/mol. The van der Waals surface area contributed by atoms with Crippen molar-refractivity contribution in [3.05, 3.63) is 0 Å². The van der Waals surface area contributed by atoms with Gasteiger partial charge in [-0.1, -0.05) is 129 Å². The lowest BCUT2D eigenvalue weighted by Gasteiger charge is -2.20. The smallest absolute Gasteiger partial charge is 0.317 e. The Morgan fingerprint density at radius 2 is 0.969 bits per heavy atom. The summed E-state index contributed by atoms with van der Waals surface area (Å²) in [5.74, 6) is -0.702. The first-order valence-corrected chi connectivity index (χ1v) is 14.4. The zero-order chi connectivity index (χ0) is 23.5. The number of rotatable bonds is 27. The van der Waals surface area contributed by atoms with Crippen LogP contribution in [0.4, 0.5) is 0 Å². The van der Waals surface area contributed by atoms with Gasteiger partial charge in [0.05, 0.1) is 6.54 Å². The fourth-order valence-corrected chi connectivity index (χ4v) is 4.38. The zero-order valence-electron chi connectivity index (χ0n) is 22.0. The summed E-state index contributed by atoms with van der Waals surface area (Å²) in [6.07, 6.45) is 26.9.